The van der Waals surface area contributed by atoms with Gasteiger partial charge in [0.15, 0.2) is 0 Å². The molecule has 0 N–H and O–H groups in total. The van der Waals surface area contributed by atoms with Gasteiger partial charge in [-0.05, 0) is 202 Å². The van der Waals surface area contributed by atoms with E-state index < -0.39 is 0 Å². The van der Waals surface area contributed by atoms with E-state index in [2.05, 4.69) is 378 Å². The first-order valence-electron chi connectivity index (χ1n) is 36.5. The minimum atomic E-state index is -0.0330. The predicted molar refractivity (Wildman–Crippen MR) is 424 cm³/mol. The first-order chi connectivity index (χ1) is 48.8. The predicted octanol–water partition coefficient (Wildman–Crippen LogP) is 23.4. The third-order valence-corrected chi connectivity index (χ3v) is 23.3. The van der Waals surface area contributed by atoms with Crippen LogP contribution >= 0.6 is 0 Å². The summed E-state index contributed by atoms with van der Waals surface area (Å²) in [6.07, 6.45) is 18.5. The van der Waals surface area contributed by atoms with Crippen LogP contribution in [-0.2, 0) is 0 Å². The zero-order valence-electron chi connectivity index (χ0n) is 58.2. The summed E-state index contributed by atoms with van der Waals surface area (Å²) < 4.78 is 0. The number of allylic oxidation sites excluding steroid dienone is 12. The van der Waals surface area contributed by atoms with Crippen molar-refractivity contribution in [1.29, 1.82) is 0 Å². The zero-order chi connectivity index (χ0) is 67.4. The molecule has 0 amide bonds. The van der Waals surface area contributed by atoms with Crippen molar-refractivity contribution in [2.75, 3.05) is 14.7 Å². The van der Waals surface area contributed by atoms with Crippen molar-refractivity contribution in [1.82, 2.24) is 0 Å². The Morgan fingerprint density at radius 2 is 0.780 bits per heavy atom. The molecular formula is C96H84BN3. The molecule has 11 aromatic carbocycles. The van der Waals surface area contributed by atoms with Gasteiger partial charge in [0.1, 0.15) is 0 Å². The molecule has 486 valence electrons. The SMILES string of the molecule is CC(C)(C)C1=CC2=C(c3ccc4c(c3)B3c5cc(-c6ccccc6)ccc5N(c5ccc(-c6ccccc6)cc5)C5CC(N(c6ccc(-c7ccccc7)cc6)c6ccc(-c7ccccc7)cc6)CC(C35)N4c3ccc(-c4ccccc4)cc3)C=C3C=C(C(C)(C)C)CC4C=CC(=C1)C2C34. The van der Waals surface area contributed by atoms with Gasteiger partial charge >= 0.3 is 0 Å². The lowest BCUT2D eigenvalue weighted by Crippen LogP contribution is -2.70. The van der Waals surface area contributed by atoms with Crippen LogP contribution in [0.2, 0.25) is 5.82 Å². The first-order valence-corrected chi connectivity index (χ1v) is 36.5. The van der Waals surface area contributed by atoms with E-state index in [0.29, 0.717) is 11.8 Å². The maximum atomic E-state index is 2.84. The summed E-state index contributed by atoms with van der Waals surface area (Å²) in [5.41, 5.74) is 32.5. The third kappa shape index (κ3) is 10.9. The Balaban J connectivity index is 0.890. The lowest BCUT2D eigenvalue weighted by molar-refractivity contribution is 0.328. The Bertz CT molecular complexity index is 5030. The number of fused-ring (bicyclic) bond motifs is 4. The van der Waals surface area contributed by atoms with E-state index in [4.69, 9.17) is 0 Å². The molecule has 2 aliphatic heterocycles. The van der Waals surface area contributed by atoms with Gasteiger partial charge in [-0.15, -0.1) is 0 Å². The Hall–Kier alpha value is -10.7. The van der Waals surface area contributed by atoms with Crippen LogP contribution in [0.3, 0.4) is 0 Å². The van der Waals surface area contributed by atoms with E-state index in [1.54, 1.807) is 5.57 Å². The highest BCUT2D eigenvalue weighted by atomic mass is 15.3. The van der Waals surface area contributed by atoms with E-state index in [1.165, 1.54) is 134 Å². The van der Waals surface area contributed by atoms with Crippen LogP contribution in [0.5, 0.6) is 0 Å². The van der Waals surface area contributed by atoms with Gasteiger partial charge in [-0.1, -0.05) is 308 Å². The molecule has 7 unspecified atom stereocenters. The molecule has 2 heterocycles. The van der Waals surface area contributed by atoms with E-state index in [9.17, 15) is 0 Å². The minimum Gasteiger partial charge on any atom is -0.339 e. The highest BCUT2D eigenvalue weighted by Gasteiger charge is 2.58. The molecule has 0 bridgehead atoms. The van der Waals surface area contributed by atoms with Crippen LogP contribution in [0.25, 0.3) is 61.2 Å². The van der Waals surface area contributed by atoms with Crippen molar-refractivity contribution in [2.24, 2.45) is 28.6 Å². The molecule has 1 saturated carbocycles. The Labute approximate surface area is 592 Å². The molecule has 7 atom stereocenters. The molecule has 100 heavy (non-hydrogen) atoms. The van der Waals surface area contributed by atoms with Gasteiger partial charge in [-0.3, -0.25) is 0 Å². The number of benzene rings is 11. The Morgan fingerprint density at radius 3 is 1.22 bits per heavy atom. The third-order valence-electron chi connectivity index (χ3n) is 23.3. The number of nitrogens with zero attached hydrogens (tertiary/aromatic N) is 3. The highest BCUT2D eigenvalue weighted by Crippen LogP contribution is 2.59. The summed E-state index contributed by atoms with van der Waals surface area (Å²) in [4.78, 5) is 8.39. The normalized spacial score (nSPS) is 21.0. The van der Waals surface area contributed by atoms with Crippen LogP contribution in [0, 0.1) is 28.6 Å². The van der Waals surface area contributed by atoms with Crippen molar-refractivity contribution >= 4 is 57.3 Å². The van der Waals surface area contributed by atoms with Crippen molar-refractivity contribution in [3.05, 3.63) is 355 Å². The average Bonchev–Trinajstić information content (AvgIpc) is 0.696. The van der Waals surface area contributed by atoms with Crippen molar-refractivity contribution in [3.8, 4) is 55.6 Å². The summed E-state index contributed by atoms with van der Waals surface area (Å²) in [6.45, 7) is 14.5. The lowest BCUT2D eigenvalue weighted by Gasteiger charge is -2.60. The number of rotatable bonds is 11. The molecule has 0 saturated heterocycles. The molecule has 0 aromatic heterocycles. The fraction of sp³-hybridized carbons (Fsp3) is 0.188. The fourth-order valence-electron chi connectivity index (χ4n) is 18.4. The van der Waals surface area contributed by atoms with E-state index in [-0.39, 0.29) is 47.4 Å². The molecule has 5 aliphatic carbocycles. The summed E-state index contributed by atoms with van der Waals surface area (Å²) >= 11 is 0. The van der Waals surface area contributed by atoms with Gasteiger partial charge in [0.25, 0.3) is 0 Å². The van der Waals surface area contributed by atoms with E-state index >= 15 is 0 Å². The summed E-state index contributed by atoms with van der Waals surface area (Å²) in [7, 11) is 0. The standard InChI is InChI=1S/C96H84BN3/c1-95(2,3)77-54-74-32-33-75-55-78(96(4,5)6)60-85-84(57-76(56-77)92(74)93(75)85)73-43-53-89-87(59-73)97-86-58-72(67-30-20-11-21-31-67)42-52-88(86)99(81-48-38-70(39-49-81)65-26-16-9-17-27-65)90-61-83(62-91(94(90)97)100(89)82-50-40-71(41-51-82)66-28-18-10-19-29-66)98(79-44-34-68(35-45-79)63-22-12-7-13-23-63)80-46-36-69(37-47-80)64-24-14-8-15-25-64/h7-53,55-60,74,83,90-94H,54,61-62H2,1-6H3. The van der Waals surface area contributed by atoms with Crippen molar-refractivity contribution in [3.63, 3.8) is 0 Å². The topological polar surface area (TPSA) is 9.72 Å². The van der Waals surface area contributed by atoms with Crippen LogP contribution < -0.4 is 25.6 Å². The number of hydrogen-bond donors (Lipinski definition) is 0. The quantitative estimate of drug-likeness (QED) is 0.120. The van der Waals surface area contributed by atoms with E-state index in [0.717, 1.165) is 19.3 Å². The monoisotopic (exact) mass is 1290 g/mol. The summed E-state index contributed by atoms with van der Waals surface area (Å²) in [6, 6.07) is 108. The second-order valence-electron chi connectivity index (χ2n) is 31.1. The van der Waals surface area contributed by atoms with Gasteiger partial charge in [0.2, 0.25) is 6.71 Å². The largest absolute Gasteiger partial charge is 0.339 e. The number of anilines is 6. The van der Waals surface area contributed by atoms with Crippen LogP contribution in [-0.4, -0.2) is 24.8 Å². The molecule has 3 nitrogen and oxygen atoms in total. The first kappa shape index (κ1) is 61.6. The lowest BCUT2D eigenvalue weighted by atomic mass is 9.26. The molecule has 7 aliphatic rings. The molecule has 11 aromatic rings. The molecule has 4 heteroatoms. The second-order valence-corrected chi connectivity index (χ2v) is 31.1. The maximum absolute atomic E-state index is 2.84. The summed E-state index contributed by atoms with van der Waals surface area (Å²) in [5.74, 6) is 1.27. The van der Waals surface area contributed by atoms with Gasteiger partial charge < -0.3 is 14.7 Å². The van der Waals surface area contributed by atoms with Gasteiger partial charge in [-0.25, -0.2) is 0 Å². The summed E-state index contributed by atoms with van der Waals surface area (Å²) in [5, 5.41) is 0. The molecule has 0 spiro atoms. The smallest absolute Gasteiger partial charge is 0.222 e. The Morgan fingerprint density at radius 1 is 0.380 bits per heavy atom. The van der Waals surface area contributed by atoms with Gasteiger partial charge in [0.05, 0.1) is 0 Å². The average molecular weight is 1290 g/mol. The number of hydrogen-bond acceptors (Lipinski definition) is 3. The van der Waals surface area contributed by atoms with Crippen molar-refractivity contribution in [2.45, 2.75) is 84.7 Å². The zero-order valence-corrected chi connectivity index (χ0v) is 58.2. The fourth-order valence-corrected chi connectivity index (χ4v) is 18.4. The maximum Gasteiger partial charge on any atom is 0.222 e. The van der Waals surface area contributed by atoms with Crippen molar-refractivity contribution < 1.29 is 0 Å². The Kier molecular flexibility index (Phi) is 15.2. The van der Waals surface area contributed by atoms with Gasteiger partial charge in [-0.2, -0.15) is 0 Å². The molecule has 1 fully saturated rings. The van der Waals surface area contributed by atoms with E-state index in [1.807, 2.05) is 0 Å². The van der Waals surface area contributed by atoms with Crippen LogP contribution in [0.1, 0.15) is 66.4 Å². The van der Waals surface area contributed by atoms with Crippen LogP contribution in [0.4, 0.5) is 34.1 Å². The molecule has 18 rings (SSSR count). The minimum absolute atomic E-state index is 0.0330. The molecule has 0 radical (unpaired) electrons. The molecular weight excluding hydrogens is 1210 g/mol. The second kappa shape index (κ2) is 24.6. The highest BCUT2D eigenvalue weighted by molar-refractivity contribution is 6.89. The van der Waals surface area contributed by atoms with Gasteiger partial charge in [0, 0.05) is 64.1 Å². The van der Waals surface area contributed by atoms with Crippen LogP contribution in [0.15, 0.2) is 349 Å².